The van der Waals surface area contributed by atoms with Gasteiger partial charge in [-0.15, -0.1) is 0 Å². The van der Waals surface area contributed by atoms with E-state index in [2.05, 4.69) is 5.32 Å². The van der Waals surface area contributed by atoms with E-state index in [9.17, 15) is 14.4 Å². The fourth-order valence-electron chi connectivity index (χ4n) is 3.90. The van der Waals surface area contributed by atoms with Gasteiger partial charge in [-0.05, 0) is 30.2 Å². The predicted octanol–water partition coefficient (Wildman–Crippen LogP) is 1.91. The lowest BCUT2D eigenvalue weighted by Gasteiger charge is -2.16. The molecule has 1 aliphatic rings. The molecule has 7 heteroatoms. The number of aryl methyl sites for hydroxylation is 2. The molecule has 1 fully saturated rings. The summed E-state index contributed by atoms with van der Waals surface area (Å²) in [5.41, 5.74) is 3.24. The first kappa shape index (κ1) is 19.0. The number of anilines is 1. The van der Waals surface area contributed by atoms with Gasteiger partial charge in [0.05, 0.1) is 17.0 Å². The van der Waals surface area contributed by atoms with Crippen LogP contribution in [0.2, 0.25) is 0 Å². The Labute approximate surface area is 168 Å². The summed E-state index contributed by atoms with van der Waals surface area (Å²) in [5.74, 6) is -0.517. The van der Waals surface area contributed by atoms with Gasteiger partial charge in [-0.3, -0.25) is 18.7 Å². The van der Waals surface area contributed by atoms with E-state index >= 15 is 0 Å². The summed E-state index contributed by atoms with van der Waals surface area (Å²) in [4.78, 5) is 38.9. The molecule has 1 aliphatic heterocycles. The van der Waals surface area contributed by atoms with Gasteiger partial charge >= 0.3 is 5.69 Å². The van der Waals surface area contributed by atoms with Gasteiger partial charge in [-0.1, -0.05) is 30.3 Å². The van der Waals surface area contributed by atoms with E-state index < -0.39 is 0 Å². The van der Waals surface area contributed by atoms with E-state index in [0.717, 1.165) is 17.5 Å². The van der Waals surface area contributed by atoms with Gasteiger partial charge in [0.2, 0.25) is 11.8 Å². The van der Waals surface area contributed by atoms with Crippen LogP contribution in [-0.4, -0.2) is 38.9 Å². The largest absolute Gasteiger partial charge is 0.342 e. The Morgan fingerprint density at radius 1 is 1.03 bits per heavy atom. The van der Waals surface area contributed by atoms with Crippen molar-refractivity contribution in [2.24, 2.45) is 20.0 Å². The van der Waals surface area contributed by atoms with Crippen LogP contribution in [0.4, 0.5) is 5.69 Å². The van der Waals surface area contributed by atoms with Crippen LogP contribution in [-0.2, 0) is 30.1 Å². The molecule has 4 rings (SSSR count). The lowest BCUT2D eigenvalue weighted by atomic mass is 10.1. The molecule has 1 aromatic heterocycles. The highest BCUT2D eigenvalue weighted by Gasteiger charge is 2.34. The van der Waals surface area contributed by atoms with Crippen molar-refractivity contribution in [1.82, 2.24) is 14.0 Å². The Morgan fingerprint density at radius 2 is 1.76 bits per heavy atom. The average molecular weight is 392 g/mol. The number of carbonyl (C=O) groups excluding carboxylic acids is 2. The quantitative estimate of drug-likeness (QED) is 0.721. The Hall–Kier alpha value is -3.35. The standard InChI is InChI=1S/C22H24N4O3/c1-24-18-9-8-17(13-19(18)25(2)22(24)29)23-21(28)16-12-20(27)26(14-16)11-10-15-6-4-3-5-7-15/h3-9,13,16H,10-12,14H2,1-2H3,(H,23,28). The van der Waals surface area contributed by atoms with Crippen molar-refractivity contribution in [3.63, 3.8) is 0 Å². The minimum Gasteiger partial charge on any atom is -0.342 e. The smallest absolute Gasteiger partial charge is 0.328 e. The number of benzene rings is 2. The first-order valence-corrected chi connectivity index (χ1v) is 9.72. The molecular weight excluding hydrogens is 368 g/mol. The highest BCUT2D eigenvalue weighted by molar-refractivity contribution is 5.98. The van der Waals surface area contributed by atoms with Gasteiger partial charge in [0.15, 0.2) is 0 Å². The molecule has 1 saturated heterocycles. The van der Waals surface area contributed by atoms with Crippen LogP contribution < -0.4 is 11.0 Å². The number of rotatable bonds is 5. The zero-order valence-electron chi connectivity index (χ0n) is 16.6. The van der Waals surface area contributed by atoms with Gasteiger partial charge in [0.1, 0.15) is 0 Å². The maximum absolute atomic E-state index is 12.7. The second kappa shape index (κ2) is 7.58. The molecule has 1 unspecified atom stereocenters. The molecule has 0 spiro atoms. The van der Waals surface area contributed by atoms with E-state index in [1.807, 2.05) is 36.4 Å². The maximum Gasteiger partial charge on any atom is 0.328 e. The fourth-order valence-corrected chi connectivity index (χ4v) is 3.90. The molecule has 0 aliphatic carbocycles. The van der Waals surface area contributed by atoms with Crippen molar-refractivity contribution < 1.29 is 9.59 Å². The molecule has 0 radical (unpaired) electrons. The number of aromatic nitrogens is 2. The van der Waals surface area contributed by atoms with Gasteiger partial charge < -0.3 is 10.2 Å². The van der Waals surface area contributed by atoms with Gasteiger partial charge in [-0.2, -0.15) is 0 Å². The highest BCUT2D eigenvalue weighted by Crippen LogP contribution is 2.22. The summed E-state index contributed by atoms with van der Waals surface area (Å²) in [6.45, 7) is 1.05. The van der Waals surface area contributed by atoms with E-state index in [0.29, 0.717) is 18.8 Å². The zero-order valence-corrected chi connectivity index (χ0v) is 16.6. The number of hydrogen-bond donors (Lipinski definition) is 1. The molecule has 2 aromatic carbocycles. The van der Waals surface area contributed by atoms with Crippen LogP contribution in [0, 0.1) is 5.92 Å². The normalized spacial score (nSPS) is 16.6. The molecule has 0 saturated carbocycles. The van der Waals surface area contributed by atoms with Crippen LogP contribution in [0.1, 0.15) is 12.0 Å². The van der Waals surface area contributed by atoms with Crippen molar-refractivity contribution in [1.29, 1.82) is 0 Å². The molecule has 29 heavy (non-hydrogen) atoms. The summed E-state index contributed by atoms with van der Waals surface area (Å²) in [7, 11) is 3.42. The Kier molecular flexibility index (Phi) is 4.96. The summed E-state index contributed by atoms with van der Waals surface area (Å²) < 4.78 is 3.12. The number of amides is 2. The predicted molar refractivity (Wildman–Crippen MR) is 112 cm³/mol. The third kappa shape index (κ3) is 3.68. The number of fused-ring (bicyclic) bond motifs is 1. The first-order chi connectivity index (χ1) is 13.9. The van der Waals surface area contributed by atoms with E-state index in [1.165, 1.54) is 5.56 Å². The van der Waals surface area contributed by atoms with Crippen molar-refractivity contribution in [2.45, 2.75) is 12.8 Å². The Morgan fingerprint density at radius 3 is 2.52 bits per heavy atom. The van der Waals surface area contributed by atoms with E-state index in [4.69, 9.17) is 0 Å². The third-order valence-corrected chi connectivity index (χ3v) is 5.64. The van der Waals surface area contributed by atoms with Gasteiger partial charge in [0, 0.05) is 39.3 Å². The van der Waals surface area contributed by atoms with Gasteiger partial charge in [0.25, 0.3) is 0 Å². The summed E-state index contributed by atoms with van der Waals surface area (Å²) in [5, 5.41) is 2.90. The summed E-state index contributed by atoms with van der Waals surface area (Å²) in [6.07, 6.45) is 1.01. The van der Waals surface area contributed by atoms with Crippen molar-refractivity contribution in [2.75, 3.05) is 18.4 Å². The first-order valence-electron chi connectivity index (χ1n) is 9.72. The zero-order chi connectivity index (χ0) is 20.5. The fraction of sp³-hybridized carbons (Fsp3) is 0.318. The summed E-state index contributed by atoms with van der Waals surface area (Å²) >= 11 is 0. The minimum absolute atomic E-state index is 0.0157. The van der Waals surface area contributed by atoms with Crippen molar-refractivity contribution in [3.8, 4) is 0 Å². The number of nitrogens with zero attached hydrogens (tertiary/aromatic N) is 3. The highest BCUT2D eigenvalue weighted by atomic mass is 16.2. The second-order valence-electron chi connectivity index (χ2n) is 7.57. The lowest BCUT2D eigenvalue weighted by Crippen LogP contribution is -2.30. The number of carbonyl (C=O) groups is 2. The van der Waals surface area contributed by atoms with Crippen LogP contribution >= 0.6 is 0 Å². The topological polar surface area (TPSA) is 76.3 Å². The van der Waals surface area contributed by atoms with E-state index in [-0.39, 0.29) is 29.8 Å². The van der Waals surface area contributed by atoms with Crippen LogP contribution in [0.5, 0.6) is 0 Å². The van der Waals surface area contributed by atoms with Gasteiger partial charge in [-0.25, -0.2) is 4.79 Å². The molecule has 2 heterocycles. The lowest BCUT2D eigenvalue weighted by molar-refractivity contribution is -0.128. The Bertz CT molecular complexity index is 1130. The molecule has 1 atom stereocenters. The monoisotopic (exact) mass is 392 g/mol. The maximum atomic E-state index is 12.7. The van der Waals surface area contributed by atoms with Crippen LogP contribution in [0.3, 0.4) is 0 Å². The Balaban J connectivity index is 1.41. The van der Waals surface area contributed by atoms with Crippen molar-refractivity contribution >= 4 is 28.5 Å². The molecule has 0 bridgehead atoms. The molecule has 7 nitrogen and oxygen atoms in total. The van der Waals surface area contributed by atoms with Crippen LogP contribution in [0.15, 0.2) is 53.3 Å². The van der Waals surface area contributed by atoms with E-state index in [1.54, 1.807) is 40.3 Å². The van der Waals surface area contributed by atoms with Crippen molar-refractivity contribution in [3.05, 3.63) is 64.6 Å². The minimum atomic E-state index is -0.367. The summed E-state index contributed by atoms with van der Waals surface area (Å²) in [6, 6.07) is 15.4. The van der Waals surface area contributed by atoms with Crippen LogP contribution in [0.25, 0.3) is 11.0 Å². The molecule has 2 amide bonds. The SMILES string of the molecule is Cn1c(=O)n(C)c2cc(NC(=O)C3CC(=O)N(CCc4ccccc4)C3)ccc21. The number of likely N-dealkylation sites (tertiary alicyclic amines) is 1. The third-order valence-electron chi connectivity index (χ3n) is 5.64. The molecular formula is C22H24N4O3. The number of nitrogens with one attached hydrogen (secondary N) is 1. The second-order valence-corrected chi connectivity index (χ2v) is 7.57. The molecule has 1 N–H and O–H groups in total. The number of hydrogen-bond acceptors (Lipinski definition) is 3. The average Bonchev–Trinajstić information content (AvgIpc) is 3.20. The molecule has 3 aromatic rings. The molecule has 150 valence electrons. The number of imidazole rings is 1.